The second kappa shape index (κ2) is 7.76. The Bertz CT molecular complexity index is 524. The Morgan fingerprint density at radius 2 is 2.29 bits per heavy atom. The summed E-state index contributed by atoms with van der Waals surface area (Å²) in [6.45, 7) is 7.66. The molecule has 134 valence electrons. The fourth-order valence-corrected chi connectivity index (χ4v) is 3.97. The average Bonchev–Trinajstić information content (AvgIpc) is 2.95. The predicted octanol–water partition coefficient (Wildman–Crippen LogP) is 1.74. The van der Waals surface area contributed by atoms with Gasteiger partial charge in [-0.25, -0.2) is 0 Å². The molecule has 24 heavy (non-hydrogen) atoms. The Labute approximate surface area is 145 Å². The van der Waals surface area contributed by atoms with Crippen molar-refractivity contribution in [1.29, 1.82) is 0 Å². The summed E-state index contributed by atoms with van der Waals surface area (Å²) in [6.07, 6.45) is 3.45. The summed E-state index contributed by atoms with van der Waals surface area (Å²) in [6, 6.07) is 4.11. The average molecular weight is 334 g/mol. The SMILES string of the molecule is COCCN(C)CC1COC2(CCCN(c3ccc(C)nn3)C2)C1. The first kappa shape index (κ1) is 17.6. The molecule has 2 saturated heterocycles. The third kappa shape index (κ3) is 4.23. The van der Waals surface area contributed by atoms with Gasteiger partial charge in [-0.2, -0.15) is 5.10 Å². The second-order valence-corrected chi connectivity index (χ2v) is 7.38. The molecule has 3 rings (SSSR count). The van der Waals surface area contributed by atoms with Gasteiger partial charge in [0.15, 0.2) is 5.82 Å². The Morgan fingerprint density at radius 1 is 1.42 bits per heavy atom. The number of aromatic nitrogens is 2. The maximum absolute atomic E-state index is 6.33. The minimum atomic E-state index is -0.00240. The fraction of sp³-hybridized carbons (Fsp3) is 0.778. The molecule has 2 aliphatic heterocycles. The van der Waals surface area contributed by atoms with Gasteiger partial charge in [-0.15, -0.1) is 5.10 Å². The monoisotopic (exact) mass is 334 g/mol. The number of hydrogen-bond donors (Lipinski definition) is 0. The van der Waals surface area contributed by atoms with Crippen LogP contribution in [0.1, 0.15) is 25.0 Å². The number of rotatable bonds is 6. The molecule has 3 heterocycles. The number of hydrogen-bond acceptors (Lipinski definition) is 6. The molecule has 0 aliphatic carbocycles. The van der Waals surface area contributed by atoms with Gasteiger partial charge in [0.25, 0.3) is 0 Å². The maximum atomic E-state index is 6.33. The van der Waals surface area contributed by atoms with Crippen LogP contribution in [0.4, 0.5) is 5.82 Å². The zero-order valence-corrected chi connectivity index (χ0v) is 15.2. The van der Waals surface area contributed by atoms with E-state index in [1.165, 1.54) is 0 Å². The van der Waals surface area contributed by atoms with Crippen LogP contribution in [0.25, 0.3) is 0 Å². The van der Waals surface area contributed by atoms with Crippen molar-refractivity contribution in [1.82, 2.24) is 15.1 Å². The highest BCUT2D eigenvalue weighted by molar-refractivity contribution is 5.38. The first-order chi connectivity index (χ1) is 11.6. The van der Waals surface area contributed by atoms with Crippen molar-refractivity contribution in [2.45, 2.75) is 31.8 Å². The smallest absolute Gasteiger partial charge is 0.151 e. The summed E-state index contributed by atoms with van der Waals surface area (Å²) in [5, 5.41) is 8.56. The molecule has 0 amide bonds. The molecule has 2 unspecified atom stereocenters. The number of nitrogens with zero attached hydrogens (tertiary/aromatic N) is 4. The highest BCUT2D eigenvalue weighted by Gasteiger charge is 2.43. The van der Waals surface area contributed by atoms with Gasteiger partial charge in [0.05, 0.1) is 24.5 Å². The van der Waals surface area contributed by atoms with Crippen molar-refractivity contribution < 1.29 is 9.47 Å². The van der Waals surface area contributed by atoms with E-state index >= 15 is 0 Å². The molecule has 1 spiro atoms. The lowest BCUT2D eigenvalue weighted by Gasteiger charge is -2.40. The minimum Gasteiger partial charge on any atom is -0.383 e. The molecule has 0 N–H and O–H groups in total. The lowest BCUT2D eigenvalue weighted by atomic mass is 9.86. The maximum Gasteiger partial charge on any atom is 0.151 e. The first-order valence-corrected chi connectivity index (χ1v) is 8.97. The van der Waals surface area contributed by atoms with Crippen LogP contribution in [0, 0.1) is 12.8 Å². The van der Waals surface area contributed by atoms with Gasteiger partial charge in [0.1, 0.15) is 0 Å². The van der Waals surface area contributed by atoms with E-state index < -0.39 is 0 Å². The third-order valence-corrected chi connectivity index (χ3v) is 5.18. The van der Waals surface area contributed by atoms with Crippen LogP contribution in [0.2, 0.25) is 0 Å². The Morgan fingerprint density at radius 3 is 3.04 bits per heavy atom. The highest BCUT2D eigenvalue weighted by atomic mass is 16.5. The second-order valence-electron chi connectivity index (χ2n) is 7.38. The van der Waals surface area contributed by atoms with Gasteiger partial charge in [-0.1, -0.05) is 0 Å². The first-order valence-electron chi connectivity index (χ1n) is 8.97. The Hall–Kier alpha value is -1.24. The van der Waals surface area contributed by atoms with Crippen molar-refractivity contribution in [3.8, 4) is 0 Å². The number of anilines is 1. The van der Waals surface area contributed by atoms with E-state index in [4.69, 9.17) is 9.47 Å². The quantitative estimate of drug-likeness (QED) is 0.790. The molecule has 2 atom stereocenters. The van der Waals surface area contributed by atoms with E-state index in [-0.39, 0.29) is 5.60 Å². The molecular weight excluding hydrogens is 304 g/mol. The molecule has 0 bridgehead atoms. The van der Waals surface area contributed by atoms with E-state index in [1.54, 1.807) is 7.11 Å². The Kier molecular flexibility index (Phi) is 5.69. The van der Waals surface area contributed by atoms with Gasteiger partial charge in [0.2, 0.25) is 0 Å². The molecule has 2 aliphatic rings. The zero-order valence-electron chi connectivity index (χ0n) is 15.2. The summed E-state index contributed by atoms with van der Waals surface area (Å²) in [5.74, 6) is 1.58. The van der Waals surface area contributed by atoms with E-state index in [9.17, 15) is 0 Å². The van der Waals surface area contributed by atoms with E-state index in [0.29, 0.717) is 5.92 Å². The predicted molar refractivity (Wildman–Crippen MR) is 94.4 cm³/mol. The van der Waals surface area contributed by atoms with Gasteiger partial charge in [-0.3, -0.25) is 0 Å². The standard InChI is InChI=1S/C18H30N4O2/c1-15-5-6-17(20-19-15)22-8-4-7-18(14-22)11-16(13-24-18)12-21(2)9-10-23-3/h5-6,16H,4,7-14H2,1-3H3. The van der Waals surface area contributed by atoms with Crippen molar-refractivity contribution in [2.75, 3.05) is 58.5 Å². The van der Waals surface area contributed by atoms with Crippen molar-refractivity contribution in [3.63, 3.8) is 0 Å². The number of piperidine rings is 1. The normalized spacial score (nSPS) is 27.3. The van der Waals surface area contributed by atoms with Gasteiger partial charge in [-0.05, 0) is 51.3 Å². The lowest BCUT2D eigenvalue weighted by Crippen LogP contribution is -2.48. The van der Waals surface area contributed by atoms with Crippen molar-refractivity contribution in [3.05, 3.63) is 17.8 Å². The van der Waals surface area contributed by atoms with E-state index in [2.05, 4.69) is 33.1 Å². The number of aryl methyl sites for hydroxylation is 1. The van der Waals surface area contributed by atoms with Gasteiger partial charge in [0, 0.05) is 33.3 Å². The summed E-state index contributed by atoms with van der Waals surface area (Å²) < 4.78 is 11.5. The summed E-state index contributed by atoms with van der Waals surface area (Å²) in [7, 11) is 3.92. The molecule has 6 heteroatoms. The topological polar surface area (TPSA) is 50.7 Å². The number of likely N-dealkylation sites (N-methyl/N-ethyl adjacent to an activating group) is 1. The summed E-state index contributed by atoms with van der Waals surface area (Å²) >= 11 is 0. The molecule has 1 aromatic rings. The molecule has 0 saturated carbocycles. The van der Waals surface area contributed by atoms with Crippen LogP contribution in [-0.4, -0.2) is 74.2 Å². The van der Waals surface area contributed by atoms with Crippen LogP contribution in [-0.2, 0) is 9.47 Å². The molecule has 6 nitrogen and oxygen atoms in total. The summed E-state index contributed by atoms with van der Waals surface area (Å²) in [4.78, 5) is 4.69. The molecular formula is C18H30N4O2. The molecule has 1 aromatic heterocycles. The number of ether oxygens (including phenoxy) is 2. The van der Waals surface area contributed by atoms with Crippen LogP contribution in [0.3, 0.4) is 0 Å². The summed E-state index contributed by atoms with van der Waals surface area (Å²) in [5.41, 5.74) is 0.958. The van der Waals surface area contributed by atoms with Crippen molar-refractivity contribution >= 4 is 5.82 Å². The Balaban J connectivity index is 1.57. The van der Waals surface area contributed by atoms with E-state index in [1.807, 2.05) is 13.0 Å². The van der Waals surface area contributed by atoms with Crippen LogP contribution >= 0.6 is 0 Å². The lowest BCUT2D eigenvalue weighted by molar-refractivity contribution is -0.00742. The molecule has 0 radical (unpaired) electrons. The molecule has 0 aromatic carbocycles. The molecule has 2 fully saturated rings. The minimum absolute atomic E-state index is 0.00240. The highest BCUT2D eigenvalue weighted by Crippen LogP contribution is 2.38. The largest absolute Gasteiger partial charge is 0.383 e. The van der Waals surface area contributed by atoms with E-state index in [0.717, 1.165) is 70.2 Å². The number of methoxy groups -OCH3 is 1. The third-order valence-electron chi connectivity index (χ3n) is 5.18. The zero-order chi connectivity index (χ0) is 17.0. The fourth-order valence-electron chi connectivity index (χ4n) is 3.97. The van der Waals surface area contributed by atoms with Crippen LogP contribution in [0.15, 0.2) is 12.1 Å². The van der Waals surface area contributed by atoms with Gasteiger partial charge >= 0.3 is 0 Å². The van der Waals surface area contributed by atoms with Crippen LogP contribution in [0.5, 0.6) is 0 Å². The van der Waals surface area contributed by atoms with Crippen molar-refractivity contribution in [2.24, 2.45) is 5.92 Å². The van der Waals surface area contributed by atoms with Gasteiger partial charge < -0.3 is 19.3 Å². The van der Waals surface area contributed by atoms with Crippen LogP contribution < -0.4 is 4.90 Å².